The number of rotatable bonds is 4. The molecule has 0 atom stereocenters. The van der Waals surface area contributed by atoms with Crippen LogP contribution in [0.1, 0.15) is 19.3 Å². The third-order valence-corrected chi connectivity index (χ3v) is 5.70. The predicted molar refractivity (Wildman–Crippen MR) is 73.1 cm³/mol. The Morgan fingerprint density at radius 1 is 1.44 bits per heavy atom. The monoisotopic (exact) mass is 353 g/mol. The van der Waals surface area contributed by atoms with Crippen molar-refractivity contribution >= 4 is 37.6 Å². The Morgan fingerprint density at radius 2 is 2.11 bits per heavy atom. The molecule has 0 heterocycles. The topological polar surface area (TPSA) is 66.4 Å². The third-order valence-electron chi connectivity index (χ3n) is 3.15. The summed E-state index contributed by atoms with van der Waals surface area (Å²) >= 11 is 9.16. The first-order chi connectivity index (χ1) is 8.38. The molecule has 0 spiro atoms. The number of benzene rings is 1. The molecule has 0 aliphatic heterocycles. The van der Waals surface area contributed by atoms with Crippen LogP contribution in [-0.2, 0) is 10.0 Å². The summed E-state index contributed by atoms with van der Waals surface area (Å²) in [7, 11) is -3.70. The molecule has 1 aliphatic carbocycles. The first-order valence-electron chi connectivity index (χ1n) is 5.48. The average Bonchev–Trinajstić information content (AvgIpc) is 2.23. The third kappa shape index (κ3) is 2.72. The highest BCUT2D eigenvalue weighted by atomic mass is 79.9. The molecule has 0 amide bonds. The van der Waals surface area contributed by atoms with Gasteiger partial charge >= 0.3 is 0 Å². The molecule has 0 radical (unpaired) electrons. The maximum atomic E-state index is 12.2. The molecular weight excluding hydrogens is 342 g/mol. The summed E-state index contributed by atoms with van der Waals surface area (Å²) in [5.74, 6) is 0. The summed E-state index contributed by atoms with van der Waals surface area (Å²) in [5, 5.41) is 9.45. The van der Waals surface area contributed by atoms with Crippen molar-refractivity contribution in [2.24, 2.45) is 0 Å². The molecule has 7 heteroatoms. The normalized spacial score (nSPS) is 18.4. The van der Waals surface area contributed by atoms with Gasteiger partial charge in [-0.1, -0.05) is 27.5 Å². The van der Waals surface area contributed by atoms with Crippen molar-refractivity contribution in [3.63, 3.8) is 0 Å². The van der Waals surface area contributed by atoms with Crippen molar-refractivity contribution in [1.29, 1.82) is 0 Å². The highest BCUT2D eigenvalue weighted by Crippen LogP contribution is 2.34. The zero-order valence-corrected chi connectivity index (χ0v) is 12.6. The Balaban J connectivity index is 2.31. The Morgan fingerprint density at radius 3 is 2.56 bits per heavy atom. The maximum Gasteiger partial charge on any atom is 0.242 e. The number of sulfonamides is 1. The number of hydrogen-bond acceptors (Lipinski definition) is 3. The van der Waals surface area contributed by atoms with Crippen molar-refractivity contribution in [1.82, 2.24) is 4.72 Å². The second kappa shape index (κ2) is 5.09. The standard InChI is InChI=1S/C11H13BrClNO3S/c12-8-2-3-10(9(13)6-8)18(16,17)14-11(7-15)4-1-5-11/h2-3,6,14-15H,1,4-5,7H2. The molecule has 1 aromatic carbocycles. The van der Waals surface area contributed by atoms with Gasteiger partial charge in [0.1, 0.15) is 4.90 Å². The molecule has 18 heavy (non-hydrogen) atoms. The minimum Gasteiger partial charge on any atom is -0.394 e. The summed E-state index contributed by atoms with van der Waals surface area (Å²) in [6, 6.07) is 4.59. The van der Waals surface area contributed by atoms with Crippen molar-refractivity contribution in [3.05, 3.63) is 27.7 Å². The van der Waals surface area contributed by atoms with E-state index >= 15 is 0 Å². The Kier molecular flexibility index (Phi) is 4.04. The van der Waals surface area contributed by atoms with E-state index in [1.165, 1.54) is 12.1 Å². The van der Waals surface area contributed by atoms with Gasteiger partial charge in [0.25, 0.3) is 0 Å². The molecule has 0 saturated heterocycles. The van der Waals surface area contributed by atoms with E-state index in [0.717, 1.165) is 6.42 Å². The zero-order valence-electron chi connectivity index (χ0n) is 9.49. The molecule has 0 aromatic heterocycles. The minimum atomic E-state index is -3.70. The van der Waals surface area contributed by atoms with E-state index in [-0.39, 0.29) is 16.5 Å². The van der Waals surface area contributed by atoms with E-state index in [1.807, 2.05) is 0 Å². The molecule has 2 N–H and O–H groups in total. The van der Waals surface area contributed by atoms with Gasteiger partial charge in [-0.2, -0.15) is 0 Å². The highest BCUT2D eigenvalue weighted by molar-refractivity contribution is 9.10. The second-order valence-corrected chi connectivity index (χ2v) is 7.45. The Labute approximate surface area is 120 Å². The highest BCUT2D eigenvalue weighted by Gasteiger charge is 2.40. The van der Waals surface area contributed by atoms with Gasteiger partial charge < -0.3 is 5.11 Å². The van der Waals surface area contributed by atoms with Gasteiger partial charge in [0.05, 0.1) is 17.2 Å². The number of hydrogen-bond donors (Lipinski definition) is 2. The van der Waals surface area contributed by atoms with Crippen LogP contribution in [0.2, 0.25) is 5.02 Å². The lowest BCUT2D eigenvalue weighted by molar-refractivity contribution is 0.110. The SMILES string of the molecule is O=S(=O)(NC1(CO)CCC1)c1ccc(Br)cc1Cl. The van der Waals surface area contributed by atoms with Gasteiger partial charge in [0, 0.05) is 4.47 Å². The molecule has 0 bridgehead atoms. The molecule has 1 fully saturated rings. The largest absolute Gasteiger partial charge is 0.394 e. The van der Waals surface area contributed by atoms with Gasteiger partial charge in [-0.25, -0.2) is 13.1 Å². The van der Waals surface area contributed by atoms with Crippen LogP contribution in [-0.4, -0.2) is 25.7 Å². The molecule has 0 unspecified atom stereocenters. The van der Waals surface area contributed by atoms with Crippen molar-refractivity contribution < 1.29 is 13.5 Å². The molecule has 1 aromatic rings. The second-order valence-electron chi connectivity index (χ2n) is 4.47. The number of halogens is 2. The Hall–Kier alpha value is -0.140. The van der Waals surface area contributed by atoms with Crippen LogP contribution >= 0.6 is 27.5 Å². The van der Waals surface area contributed by atoms with E-state index in [1.54, 1.807) is 6.07 Å². The lowest BCUT2D eigenvalue weighted by Gasteiger charge is -2.40. The van der Waals surface area contributed by atoms with E-state index in [4.69, 9.17) is 11.6 Å². The number of aliphatic hydroxyl groups excluding tert-OH is 1. The van der Waals surface area contributed by atoms with Crippen LogP contribution < -0.4 is 4.72 Å². The van der Waals surface area contributed by atoms with Crippen LogP contribution in [0.4, 0.5) is 0 Å². The van der Waals surface area contributed by atoms with E-state index < -0.39 is 15.6 Å². The first kappa shape index (κ1) is 14.3. The van der Waals surface area contributed by atoms with Gasteiger partial charge in [0.15, 0.2) is 0 Å². The van der Waals surface area contributed by atoms with Gasteiger partial charge in [0.2, 0.25) is 10.0 Å². The minimum absolute atomic E-state index is 0.0343. The molecule has 1 aliphatic rings. The summed E-state index contributed by atoms with van der Waals surface area (Å²) < 4.78 is 27.7. The van der Waals surface area contributed by atoms with Gasteiger partial charge in [-0.05, 0) is 37.5 Å². The summed E-state index contributed by atoms with van der Waals surface area (Å²) in [5.41, 5.74) is -0.713. The van der Waals surface area contributed by atoms with Crippen LogP contribution in [0.15, 0.2) is 27.6 Å². The fourth-order valence-corrected chi connectivity index (χ4v) is 4.42. The van der Waals surface area contributed by atoms with Crippen molar-refractivity contribution in [2.75, 3.05) is 6.61 Å². The molecule has 4 nitrogen and oxygen atoms in total. The lowest BCUT2D eigenvalue weighted by atomic mass is 9.78. The van der Waals surface area contributed by atoms with Crippen molar-refractivity contribution in [2.45, 2.75) is 29.7 Å². The van der Waals surface area contributed by atoms with E-state index in [0.29, 0.717) is 17.3 Å². The quantitative estimate of drug-likeness (QED) is 0.872. The molecule has 1 saturated carbocycles. The predicted octanol–water partition coefficient (Wildman–Crippen LogP) is 2.30. The molecule has 100 valence electrons. The number of aliphatic hydroxyl groups is 1. The fraction of sp³-hybridized carbons (Fsp3) is 0.455. The van der Waals surface area contributed by atoms with E-state index in [2.05, 4.69) is 20.7 Å². The zero-order chi connectivity index (χ0) is 13.4. The first-order valence-corrected chi connectivity index (χ1v) is 8.14. The smallest absolute Gasteiger partial charge is 0.242 e. The summed E-state index contributed by atoms with van der Waals surface area (Å²) in [6.07, 6.45) is 2.21. The Bertz CT molecular complexity index is 552. The number of nitrogens with one attached hydrogen (secondary N) is 1. The van der Waals surface area contributed by atoms with Crippen molar-refractivity contribution in [3.8, 4) is 0 Å². The summed E-state index contributed by atoms with van der Waals surface area (Å²) in [4.78, 5) is 0.0343. The van der Waals surface area contributed by atoms with Crippen LogP contribution in [0, 0.1) is 0 Å². The summed E-state index contributed by atoms with van der Waals surface area (Å²) in [6.45, 7) is -0.194. The molecule has 2 rings (SSSR count). The average molecular weight is 355 g/mol. The van der Waals surface area contributed by atoms with Gasteiger partial charge in [-0.3, -0.25) is 0 Å². The maximum absolute atomic E-state index is 12.2. The van der Waals surface area contributed by atoms with Crippen LogP contribution in [0.3, 0.4) is 0 Å². The molecular formula is C11H13BrClNO3S. The van der Waals surface area contributed by atoms with Crippen LogP contribution in [0.25, 0.3) is 0 Å². The van der Waals surface area contributed by atoms with E-state index in [9.17, 15) is 13.5 Å². The van der Waals surface area contributed by atoms with Gasteiger partial charge in [-0.15, -0.1) is 0 Å². The lowest BCUT2D eigenvalue weighted by Crippen LogP contribution is -2.55. The fourth-order valence-electron chi connectivity index (χ4n) is 1.93. The van der Waals surface area contributed by atoms with Crippen LogP contribution in [0.5, 0.6) is 0 Å².